The Morgan fingerprint density at radius 2 is 1.59 bits per heavy atom. The minimum Gasteiger partial charge on any atom is -0.491 e. The van der Waals surface area contributed by atoms with E-state index in [-0.39, 0.29) is 18.6 Å². The summed E-state index contributed by atoms with van der Waals surface area (Å²) in [5.41, 5.74) is 3.27. The van der Waals surface area contributed by atoms with Gasteiger partial charge in [-0.15, -0.1) is 0 Å². The van der Waals surface area contributed by atoms with Crippen LogP contribution in [0, 0.1) is 6.92 Å². The third-order valence-electron chi connectivity index (χ3n) is 5.53. The Labute approximate surface area is 197 Å². The van der Waals surface area contributed by atoms with Crippen molar-refractivity contribution in [3.8, 4) is 17.2 Å². The second kappa shape index (κ2) is 8.59. The van der Waals surface area contributed by atoms with Gasteiger partial charge in [0.15, 0.2) is 11.5 Å². The van der Waals surface area contributed by atoms with Crippen molar-refractivity contribution in [1.29, 1.82) is 0 Å². The molecular formula is C27H24N2O5. The van der Waals surface area contributed by atoms with Crippen molar-refractivity contribution in [2.24, 2.45) is 0 Å². The number of carbonyl (C=O) groups excluding carboxylic acids is 2. The Morgan fingerprint density at radius 1 is 0.882 bits per heavy atom. The lowest BCUT2D eigenvalue weighted by molar-refractivity contribution is -0.120. The quantitative estimate of drug-likeness (QED) is 0.532. The van der Waals surface area contributed by atoms with Crippen LogP contribution < -0.4 is 24.4 Å². The van der Waals surface area contributed by atoms with Gasteiger partial charge in [-0.3, -0.25) is 9.59 Å². The lowest BCUT2D eigenvalue weighted by Gasteiger charge is -2.15. The van der Waals surface area contributed by atoms with E-state index in [2.05, 4.69) is 5.32 Å². The van der Waals surface area contributed by atoms with Gasteiger partial charge in [0, 0.05) is 11.8 Å². The van der Waals surface area contributed by atoms with Crippen LogP contribution in [-0.2, 0) is 9.59 Å². The van der Waals surface area contributed by atoms with Crippen LogP contribution >= 0.6 is 0 Å². The molecule has 0 bridgehead atoms. The van der Waals surface area contributed by atoms with Crippen molar-refractivity contribution in [2.45, 2.75) is 26.9 Å². The first-order chi connectivity index (χ1) is 16.4. The van der Waals surface area contributed by atoms with Gasteiger partial charge in [-0.25, -0.2) is 4.90 Å². The standard InChI is InChI=1S/C27H24N2O5/c1-16(2)34-21-11-6-18(7-12-21)24-25(28-19-8-13-22-23(14-19)33-15-32-22)27(31)29(26(24)30)20-9-4-17(3)5-10-20/h4-14,16,28H,15H2,1-3H3. The van der Waals surface area contributed by atoms with E-state index in [1.807, 2.05) is 32.9 Å². The fraction of sp³-hybridized carbons (Fsp3) is 0.185. The van der Waals surface area contributed by atoms with Crippen LogP contribution in [0.4, 0.5) is 11.4 Å². The number of carbonyl (C=O) groups is 2. The van der Waals surface area contributed by atoms with Gasteiger partial charge in [0.05, 0.1) is 17.4 Å². The van der Waals surface area contributed by atoms with Crippen LogP contribution in [0.25, 0.3) is 5.57 Å². The van der Waals surface area contributed by atoms with E-state index in [0.29, 0.717) is 39.8 Å². The molecule has 0 saturated carbocycles. The Bertz CT molecular complexity index is 1290. The van der Waals surface area contributed by atoms with Crippen LogP contribution in [0.5, 0.6) is 17.2 Å². The van der Waals surface area contributed by atoms with E-state index in [0.717, 1.165) is 5.56 Å². The van der Waals surface area contributed by atoms with Crippen molar-refractivity contribution in [2.75, 3.05) is 17.0 Å². The molecular weight excluding hydrogens is 432 g/mol. The number of nitrogens with zero attached hydrogens (tertiary/aromatic N) is 1. The highest BCUT2D eigenvalue weighted by Gasteiger charge is 2.40. The van der Waals surface area contributed by atoms with E-state index < -0.39 is 11.8 Å². The maximum atomic E-state index is 13.6. The van der Waals surface area contributed by atoms with Crippen molar-refractivity contribution in [3.63, 3.8) is 0 Å². The van der Waals surface area contributed by atoms with Crippen LogP contribution in [0.15, 0.2) is 72.4 Å². The summed E-state index contributed by atoms with van der Waals surface area (Å²) >= 11 is 0. The smallest absolute Gasteiger partial charge is 0.282 e. The van der Waals surface area contributed by atoms with E-state index in [4.69, 9.17) is 14.2 Å². The number of rotatable bonds is 6. The topological polar surface area (TPSA) is 77.1 Å². The number of hydrogen-bond donors (Lipinski definition) is 1. The van der Waals surface area contributed by atoms with Crippen molar-refractivity contribution >= 4 is 28.8 Å². The Hall–Kier alpha value is -4.26. The molecule has 5 rings (SSSR count). The van der Waals surface area contributed by atoms with Gasteiger partial charge in [-0.05, 0) is 62.7 Å². The summed E-state index contributed by atoms with van der Waals surface area (Å²) in [5, 5.41) is 3.16. The number of ether oxygens (including phenoxy) is 3. The molecule has 0 radical (unpaired) electrons. The first-order valence-corrected chi connectivity index (χ1v) is 11.0. The predicted molar refractivity (Wildman–Crippen MR) is 129 cm³/mol. The van der Waals surface area contributed by atoms with E-state index in [9.17, 15) is 9.59 Å². The average molecular weight is 456 g/mol. The molecule has 1 N–H and O–H groups in total. The number of fused-ring (bicyclic) bond motifs is 1. The molecule has 0 spiro atoms. The van der Waals surface area contributed by atoms with Crippen LogP contribution in [0.3, 0.4) is 0 Å². The molecule has 7 nitrogen and oxygen atoms in total. The maximum absolute atomic E-state index is 13.6. The summed E-state index contributed by atoms with van der Waals surface area (Å²) in [6.07, 6.45) is 0.0278. The second-order valence-electron chi connectivity index (χ2n) is 8.42. The normalized spacial score (nSPS) is 14.9. The fourth-order valence-electron chi connectivity index (χ4n) is 3.93. The number of anilines is 2. The lowest BCUT2D eigenvalue weighted by atomic mass is 10.0. The molecule has 0 fully saturated rings. The monoisotopic (exact) mass is 456 g/mol. The maximum Gasteiger partial charge on any atom is 0.282 e. The second-order valence-corrected chi connectivity index (χ2v) is 8.42. The van der Waals surface area contributed by atoms with Gasteiger partial charge < -0.3 is 19.5 Å². The molecule has 34 heavy (non-hydrogen) atoms. The van der Waals surface area contributed by atoms with Crippen LogP contribution in [0.1, 0.15) is 25.0 Å². The highest BCUT2D eigenvalue weighted by atomic mass is 16.7. The lowest BCUT2D eigenvalue weighted by Crippen LogP contribution is -2.32. The molecule has 7 heteroatoms. The number of amides is 2. The molecule has 2 aliphatic rings. The van der Waals surface area contributed by atoms with Crippen molar-refractivity contribution in [3.05, 3.63) is 83.6 Å². The largest absolute Gasteiger partial charge is 0.491 e. The molecule has 2 amide bonds. The summed E-state index contributed by atoms with van der Waals surface area (Å²) < 4.78 is 16.6. The third-order valence-corrected chi connectivity index (χ3v) is 5.53. The Morgan fingerprint density at radius 3 is 2.29 bits per heavy atom. The zero-order valence-corrected chi connectivity index (χ0v) is 19.1. The first kappa shape index (κ1) is 21.6. The molecule has 0 aliphatic carbocycles. The average Bonchev–Trinajstić information content (AvgIpc) is 3.37. The molecule has 2 aliphatic heterocycles. The van der Waals surface area contributed by atoms with Gasteiger partial charge in [-0.2, -0.15) is 0 Å². The fourth-order valence-corrected chi connectivity index (χ4v) is 3.93. The molecule has 3 aromatic carbocycles. The summed E-state index contributed by atoms with van der Waals surface area (Å²) in [6, 6.07) is 19.8. The summed E-state index contributed by atoms with van der Waals surface area (Å²) in [6.45, 7) is 6.00. The number of imide groups is 1. The number of benzene rings is 3. The molecule has 0 atom stereocenters. The van der Waals surface area contributed by atoms with Crippen molar-refractivity contribution < 1.29 is 23.8 Å². The highest BCUT2D eigenvalue weighted by molar-refractivity contribution is 6.46. The Balaban J connectivity index is 1.55. The molecule has 3 aromatic rings. The molecule has 0 unspecified atom stereocenters. The minimum atomic E-state index is -0.427. The van der Waals surface area contributed by atoms with Gasteiger partial charge in [0.25, 0.3) is 11.8 Å². The van der Waals surface area contributed by atoms with Crippen molar-refractivity contribution in [1.82, 2.24) is 0 Å². The summed E-state index contributed by atoms with van der Waals surface area (Å²) in [5.74, 6) is 1.08. The van der Waals surface area contributed by atoms with Gasteiger partial charge in [0.1, 0.15) is 11.4 Å². The number of nitrogens with one attached hydrogen (secondary N) is 1. The van der Waals surface area contributed by atoms with Gasteiger partial charge in [-0.1, -0.05) is 29.8 Å². The molecule has 2 heterocycles. The first-order valence-electron chi connectivity index (χ1n) is 11.0. The third kappa shape index (κ3) is 3.96. The van der Waals surface area contributed by atoms with E-state index in [1.54, 1.807) is 54.6 Å². The molecule has 0 aromatic heterocycles. The van der Waals surface area contributed by atoms with Gasteiger partial charge in [0.2, 0.25) is 6.79 Å². The Kier molecular flexibility index (Phi) is 5.45. The molecule has 0 saturated heterocycles. The molecule has 172 valence electrons. The summed E-state index contributed by atoms with van der Waals surface area (Å²) in [7, 11) is 0. The summed E-state index contributed by atoms with van der Waals surface area (Å²) in [4.78, 5) is 28.3. The van der Waals surface area contributed by atoms with Gasteiger partial charge >= 0.3 is 0 Å². The van der Waals surface area contributed by atoms with E-state index in [1.165, 1.54) is 4.90 Å². The van der Waals surface area contributed by atoms with Crippen LogP contribution in [-0.4, -0.2) is 24.7 Å². The highest BCUT2D eigenvalue weighted by Crippen LogP contribution is 2.38. The SMILES string of the molecule is Cc1ccc(N2C(=O)C(Nc3ccc4c(c3)OCO4)=C(c3ccc(OC(C)C)cc3)C2=O)cc1. The zero-order valence-electron chi connectivity index (χ0n) is 19.1. The number of aryl methyl sites for hydroxylation is 1. The van der Waals surface area contributed by atoms with Crippen LogP contribution in [0.2, 0.25) is 0 Å². The zero-order chi connectivity index (χ0) is 23.8. The number of hydrogen-bond acceptors (Lipinski definition) is 6. The van der Waals surface area contributed by atoms with E-state index >= 15 is 0 Å². The minimum absolute atomic E-state index is 0.0278. The predicted octanol–water partition coefficient (Wildman–Crippen LogP) is 4.91.